The van der Waals surface area contributed by atoms with Crippen LogP contribution in [0.5, 0.6) is 0 Å². The van der Waals surface area contributed by atoms with Crippen molar-refractivity contribution >= 4 is 34.4 Å². The van der Waals surface area contributed by atoms with Gasteiger partial charge in [0, 0.05) is 11.7 Å². The third kappa shape index (κ3) is 7.34. The van der Waals surface area contributed by atoms with Crippen LogP contribution < -0.4 is 10.6 Å². The lowest BCUT2D eigenvalue weighted by molar-refractivity contribution is -0.143. The smallest absolute Gasteiger partial charge is 0.408 e. The molecule has 0 aliphatic heterocycles. The van der Waals surface area contributed by atoms with E-state index in [4.69, 9.17) is 4.74 Å². The minimum absolute atomic E-state index is 0.240. The van der Waals surface area contributed by atoms with E-state index in [0.717, 1.165) is 10.8 Å². The molecule has 202 valence electrons. The van der Waals surface area contributed by atoms with Crippen molar-refractivity contribution in [3.05, 3.63) is 78.4 Å². The number of nitrogens with one attached hydrogen (secondary N) is 2. The zero-order chi connectivity index (χ0) is 28.0. The molecule has 2 atom stereocenters. The lowest BCUT2D eigenvalue weighted by Gasteiger charge is -2.38. The van der Waals surface area contributed by atoms with Crippen LogP contribution >= 0.6 is 0 Å². The molecule has 0 spiro atoms. The molecular formula is C31H39N3O4. The summed E-state index contributed by atoms with van der Waals surface area (Å²) in [4.78, 5) is 42.1. The first kappa shape index (κ1) is 28.7. The van der Waals surface area contributed by atoms with E-state index in [0.29, 0.717) is 11.3 Å². The molecule has 0 aliphatic carbocycles. The number of carbonyl (C=O) groups excluding carboxylic acids is 3. The first-order valence-electron chi connectivity index (χ1n) is 13.0. The largest absolute Gasteiger partial charge is 0.444 e. The summed E-state index contributed by atoms with van der Waals surface area (Å²) in [6.07, 6.45) is -0.676. The number of amides is 3. The van der Waals surface area contributed by atoms with E-state index >= 15 is 0 Å². The summed E-state index contributed by atoms with van der Waals surface area (Å²) in [5, 5.41) is 7.82. The molecule has 2 N–H and O–H groups in total. The van der Waals surface area contributed by atoms with Crippen LogP contribution in [-0.2, 0) is 14.3 Å². The number of benzene rings is 3. The lowest BCUT2D eigenvalue weighted by atomic mass is 9.97. The van der Waals surface area contributed by atoms with Gasteiger partial charge in [-0.25, -0.2) is 4.79 Å². The maximum absolute atomic E-state index is 14.0. The Balaban J connectivity index is 1.97. The Morgan fingerprint density at radius 1 is 0.816 bits per heavy atom. The van der Waals surface area contributed by atoms with Crippen molar-refractivity contribution in [2.24, 2.45) is 5.92 Å². The average molecular weight is 518 g/mol. The fraction of sp³-hybridized carbons (Fsp3) is 0.387. The second-order valence-electron chi connectivity index (χ2n) is 11.1. The molecule has 7 heteroatoms. The number of ether oxygens (including phenoxy) is 1. The van der Waals surface area contributed by atoms with Gasteiger partial charge < -0.3 is 20.3 Å². The average Bonchev–Trinajstić information content (AvgIpc) is 2.84. The van der Waals surface area contributed by atoms with Crippen molar-refractivity contribution < 1.29 is 19.1 Å². The molecule has 3 aromatic rings. The van der Waals surface area contributed by atoms with Crippen LogP contribution in [0, 0.1) is 5.92 Å². The highest BCUT2D eigenvalue weighted by atomic mass is 16.6. The van der Waals surface area contributed by atoms with Gasteiger partial charge in [0.25, 0.3) is 5.91 Å². The summed E-state index contributed by atoms with van der Waals surface area (Å²) < 4.78 is 5.42. The fourth-order valence-corrected chi connectivity index (χ4v) is 4.34. The van der Waals surface area contributed by atoms with Crippen LogP contribution in [0.2, 0.25) is 0 Å². The third-order valence-electron chi connectivity index (χ3n) is 6.07. The Labute approximate surface area is 225 Å². The van der Waals surface area contributed by atoms with Crippen LogP contribution in [-0.4, -0.2) is 40.5 Å². The van der Waals surface area contributed by atoms with Crippen molar-refractivity contribution in [1.82, 2.24) is 10.2 Å². The number of fused-ring (bicyclic) bond motifs is 1. The molecular weight excluding hydrogens is 478 g/mol. The van der Waals surface area contributed by atoms with Crippen LogP contribution in [0.15, 0.2) is 72.8 Å². The van der Waals surface area contributed by atoms with Gasteiger partial charge in [0.1, 0.15) is 17.7 Å². The Morgan fingerprint density at radius 2 is 1.42 bits per heavy atom. The Hall–Kier alpha value is -3.87. The number of anilines is 1. The Bertz CT molecular complexity index is 1260. The zero-order valence-electron chi connectivity index (χ0n) is 23.3. The van der Waals surface area contributed by atoms with E-state index < -0.39 is 23.8 Å². The lowest BCUT2D eigenvalue weighted by Crippen LogP contribution is -2.56. The van der Waals surface area contributed by atoms with E-state index in [1.807, 2.05) is 100 Å². The van der Waals surface area contributed by atoms with Gasteiger partial charge in [-0.3, -0.25) is 9.59 Å². The van der Waals surface area contributed by atoms with Gasteiger partial charge in [0.2, 0.25) is 5.91 Å². The van der Waals surface area contributed by atoms with Crippen LogP contribution in [0.3, 0.4) is 0 Å². The molecule has 0 bridgehead atoms. The number of nitrogens with zero attached hydrogens (tertiary/aromatic N) is 1. The van der Waals surface area contributed by atoms with Crippen molar-refractivity contribution in [2.75, 3.05) is 5.32 Å². The predicted molar refractivity (Wildman–Crippen MR) is 152 cm³/mol. The molecule has 0 saturated carbocycles. The molecule has 2 unspecified atom stereocenters. The minimum atomic E-state index is -0.920. The fourth-order valence-electron chi connectivity index (χ4n) is 4.34. The van der Waals surface area contributed by atoms with E-state index in [1.54, 1.807) is 25.7 Å². The summed E-state index contributed by atoms with van der Waals surface area (Å²) in [6.45, 7) is 12.7. The number of hydrogen-bond acceptors (Lipinski definition) is 4. The second-order valence-corrected chi connectivity index (χ2v) is 11.1. The summed E-state index contributed by atoms with van der Waals surface area (Å²) in [7, 11) is 0. The molecule has 38 heavy (non-hydrogen) atoms. The summed E-state index contributed by atoms with van der Waals surface area (Å²) in [5.41, 5.74) is 0.601. The van der Waals surface area contributed by atoms with Crippen molar-refractivity contribution in [3.8, 4) is 0 Å². The van der Waals surface area contributed by atoms with E-state index in [-0.39, 0.29) is 23.8 Å². The normalized spacial score (nSPS) is 13.2. The molecule has 0 heterocycles. The molecule has 0 radical (unpaired) electrons. The van der Waals surface area contributed by atoms with Crippen LogP contribution in [0.1, 0.15) is 60.1 Å². The number of carbonyl (C=O) groups is 3. The second kappa shape index (κ2) is 12.1. The Morgan fingerprint density at radius 3 is 2.00 bits per heavy atom. The monoisotopic (exact) mass is 517 g/mol. The third-order valence-corrected chi connectivity index (χ3v) is 6.07. The van der Waals surface area contributed by atoms with Gasteiger partial charge in [-0.15, -0.1) is 0 Å². The summed E-state index contributed by atoms with van der Waals surface area (Å²) in [6, 6.07) is 20.7. The Kier molecular flexibility index (Phi) is 9.15. The summed E-state index contributed by atoms with van der Waals surface area (Å²) in [5.74, 6) is -0.937. The molecule has 3 rings (SSSR count). The van der Waals surface area contributed by atoms with E-state index in [1.165, 1.54) is 0 Å². The van der Waals surface area contributed by atoms with Crippen molar-refractivity contribution in [1.29, 1.82) is 0 Å². The highest BCUT2D eigenvalue weighted by Gasteiger charge is 2.38. The van der Waals surface area contributed by atoms with Crippen LogP contribution in [0.25, 0.3) is 10.8 Å². The highest BCUT2D eigenvalue weighted by molar-refractivity contribution is 6.00. The number of alkyl carbamates (subject to hydrolysis) is 1. The SMILES string of the molecule is CC(C)C(NC(=O)OC(C)(C)C)C(=O)N(C(C)C)C(C(=O)Nc1ccc2ccccc2c1)c1ccccc1. The van der Waals surface area contributed by atoms with Gasteiger partial charge >= 0.3 is 6.09 Å². The van der Waals surface area contributed by atoms with Gasteiger partial charge in [0.15, 0.2) is 0 Å². The standard InChI is InChI=1S/C31H39N3O4/c1-20(2)26(33-30(37)38-31(5,6)7)29(36)34(21(3)4)27(23-14-9-8-10-15-23)28(35)32-25-18-17-22-13-11-12-16-24(22)19-25/h8-21,26-27H,1-7H3,(H,32,35)(H,33,37). The van der Waals surface area contributed by atoms with Gasteiger partial charge in [0.05, 0.1) is 0 Å². The van der Waals surface area contributed by atoms with Gasteiger partial charge in [-0.2, -0.15) is 0 Å². The van der Waals surface area contributed by atoms with E-state index in [9.17, 15) is 14.4 Å². The molecule has 0 aromatic heterocycles. The molecule has 0 aliphatic rings. The minimum Gasteiger partial charge on any atom is -0.444 e. The van der Waals surface area contributed by atoms with Crippen molar-refractivity contribution in [2.45, 2.75) is 72.2 Å². The van der Waals surface area contributed by atoms with Crippen LogP contribution in [0.4, 0.5) is 10.5 Å². The highest BCUT2D eigenvalue weighted by Crippen LogP contribution is 2.28. The number of rotatable bonds is 8. The van der Waals surface area contributed by atoms with Gasteiger partial charge in [-0.1, -0.05) is 74.5 Å². The zero-order valence-corrected chi connectivity index (χ0v) is 23.3. The maximum atomic E-state index is 14.0. The molecule has 3 amide bonds. The molecule has 0 saturated heterocycles. The molecule has 7 nitrogen and oxygen atoms in total. The van der Waals surface area contributed by atoms with E-state index in [2.05, 4.69) is 10.6 Å². The number of hydrogen-bond donors (Lipinski definition) is 2. The first-order valence-corrected chi connectivity index (χ1v) is 13.0. The topological polar surface area (TPSA) is 87.7 Å². The quantitative estimate of drug-likeness (QED) is 0.367. The molecule has 0 fully saturated rings. The predicted octanol–water partition coefficient (Wildman–Crippen LogP) is 6.31. The maximum Gasteiger partial charge on any atom is 0.408 e. The van der Waals surface area contributed by atoms with Crippen molar-refractivity contribution in [3.63, 3.8) is 0 Å². The summed E-state index contributed by atoms with van der Waals surface area (Å²) >= 11 is 0. The first-order chi connectivity index (χ1) is 17.9. The van der Waals surface area contributed by atoms with Gasteiger partial charge in [-0.05, 0) is 69.0 Å². The molecule has 3 aromatic carbocycles.